The van der Waals surface area contributed by atoms with Crippen molar-refractivity contribution in [1.29, 1.82) is 0 Å². The zero-order valence-electron chi connectivity index (χ0n) is 15.0. The lowest BCUT2D eigenvalue weighted by Gasteiger charge is -2.31. The fourth-order valence-corrected chi connectivity index (χ4v) is 3.65. The normalized spacial score (nSPS) is 14.8. The molecule has 27 heavy (non-hydrogen) atoms. The summed E-state index contributed by atoms with van der Waals surface area (Å²) < 4.78 is 9.25. The van der Waals surface area contributed by atoms with Crippen LogP contribution in [0.15, 0.2) is 24.3 Å². The van der Waals surface area contributed by atoms with Crippen molar-refractivity contribution in [2.24, 2.45) is 5.92 Å². The number of halogens is 1. The lowest BCUT2D eigenvalue weighted by atomic mass is 9.96. The molecule has 0 saturated carbocycles. The van der Waals surface area contributed by atoms with E-state index in [0.29, 0.717) is 46.9 Å². The molecule has 1 aliphatic heterocycles. The van der Waals surface area contributed by atoms with E-state index in [4.69, 9.17) is 16.3 Å². The smallest absolute Gasteiger partial charge is 0.267 e. The predicted octanol–water partition coefficient (Wildman–Crippen LogP) is 2.55. The van der Waals surface area contributed by atoms with Crippen LogP contribution in [0.25, 0.3) is 0 Å². The van der Waals surface area contributed by atoms with E-state index < -0.39 is 0 Å². The number of benzene rings is 1. The number of aromatic nitrogens is 2. The van der Waals surface area contributed by atoms with Crippen molar-refractivity contribution in [2.75, 3.05) is 26.2 Å². The van der Waals surface area contributed by atoms with Gasteiger partial charge < -0.3 is 15.0 Å². The Morgan fingerprint density at radius 1 is 1.30 bits per heavy atom. The second kappa shape index (κ2) is 9.14. The second-order valence-corrected chi connectivity index (χ2v) is 7.66. The van der Waals surface area contributed by atoms with E-state index in [1.165, 1.54) is 0 Å². The molecule has 2 amide bonds. The number of carbonyl (C=O) groups excluding carboxylic acids is 2. The van der Waals surface area contributed by atoms with Crippen LogP contribution in [0.2, 0.25) is 5.02 Å². The van der Waals surface area contributed by atoms with Crippen molar-refractivity contribution in [3.63, 3.8) is 0 Å². The first-order valence-corrected chi connectivity index (χ1v) is 9.91. The van der Waals surface area contributed by atoms with Gasteiger partial charge >= 0.3 is 0 Å². The van der Waals surface area contributed by atoms with Gasteiger partial charge in [-0.2, -0.15) is 0 Å². The van der Waals surface area contributed by atoms with E-state index in [1.807, 2.05) is 4.90 Å². The molecule has 1 aromatic heterocycles. The first kappa shape index (κ1) is 19.6. The highest BCUT2D eigenvalue weighted by Gasteiger charge is 2.26. The number of hydrogen-bond donors (Lipinski definition) is 1. The third-order valence-corrected chi connectivity index (χ3v) is 5.59. The van der Waals surface area contributed by atoms with Crippen molar-refractivity contribution >= 4 is 34.9 Å². The number of rotatable bonds is 6. The number of piperidine rings is 1. The van der Waals surface area contributed by atoms with Gasteiger partial charge in [-0.1, -0.05) is 16.1 Å². The Bertz CT molecular complexity index is 788. The highest BCUT2D eigenvalue weighted by molar-refractivity contribution is 7.07. The molecular formula is C18H21ClN4O3S. The summed E-state index contributed by atoms with van der Waals surface area (Å²) >= 11 is 6.95. The van der Waals surface area contributed by atoms with Crippen LogP contribution in [0.5, 0.6) is 5.75 Å². The molecule has 9 heteroatoms. The maximum atomic E-state index is 12.5. The highest BCUT2D eigenvalue weighted by atomic mass is 35.5. The molecule has 7 nitrogen and oxygen atoms in total. The molecule has 0 radical (unpaired) electrons. The van der Waals surface area contributed by atoms with Crippen molar-refractivity contribution in [3.8, 4) is 5.75 Å². The summed E-state index contributed by atoms with van der Waals surface area (Å²) in [7, 11) is 0. The average molecular weight is 409 g/mol. The van der Waals surface area contributed by atoms with Crippen molar-refractivity contribution in [3.05, 3.63) is 39.9 Å². The molecule has 1 saturated heterocycles. The molecule has 1 N–H and O–H groups in total. The number of aryl methyl sites for hydroxylation is 1. The van der Waals surface area contributed by atoms with E-state index in [-0.39, 0.29) is 18.4 Å². The number of nitrogens with zero attached hydrogens (tertiary/aromatic N) is 3. The van der Waals surface area contributed by atoms with Gasteiger partial charge in [0.1, 0.15) is 10.6 Å². The lowest BCUT2D eigenvalue weighted by molar-refractivity contribution is -0.123. The Balaban J connectivity index is 1.36. The molecule has 0 spiro atoms. The fraction of sp³-hybridized carbons (Fsp3) is 0.444. The minimum absolute atomic E-state index is 0.00125. The van der Waals surface area contributed by atoms with Crippen LogP contribution in [-0.4, -0.2) is 52.5 Å². The van der Waals surface area contributed by atoms with Crippen molar-refractivity contribution in [1.82, 2.24) is 19.8 Å². The summed E-state index contributed by atoms with van der Waals surface area (Å²) in [5.41, 5.74) is 0.681. The molecule has 2 heterocycles. The molecule has 3 rings (SSSR count). The molecule has 0 aliphatic carbocycles. The minimum atomic E-state index is -0.158. The quantitative estimate of drug-likeness (QED) is 0.794. The van der Waals surface area contributed by atoms with E-state index in [0.717, 1.165) is 24.4 Å². The Morgan fingerprint density at radius 2 is 2.00 bits per heavy atom. The van der Waals surface area contributed by atoms with E-state index in [9.17, 15) is 9.59 Å². The number of ether oxygens (including phenoxy) is 1. The second-order valence-electron chi connectivity index (χ2n) is 6.47. The third kappa shape index (κ3) is 5.40. The summed E-state index contributed by atoms with van der Waals surface area (Å²) in [5, 5.41) is 7.42. The van der Waals surface area contributed by atoms with E-state index in [2.05, 4.69) is 14.9 Å². The standard InChI is InChI=1S/C18H21ClN4O3S/c1-12-17(27-22-21-12)18(25)23-8-6-13(7-9-23)10-20-16(24)11-26-15-4-2-14(19)3-5-15/h2-5,13H,6-11H2,1H3,(H,20,24). The monoisotopic (exact) mass is 408 g/mol. The van der Waals surface area contributed by atoms with Crippen LogP contribution < -0.4 is 10.1 Å². The van der Waals surface area contributed by atoms with Crippen molar-refractivity contribution in [2.45, 2.75) is 19.8 Å². The molecule has 144 valence electrons. The van der Waals surface area contributed by atoms with Crippen LogP contribution in [-0.2, 0) is 4.79 Å². The summed E-state index contributed by atoms with van der Waals surface area (Å²) in [6.07, 6.45) is 1.71. The number of carbonyl (C=O) groups is 2. The molecular weight excluding hydrogens is 388 g/mol. The zero-order valence-corrected chi connectivity index (χ0v) is 16.6. The summed E-state index contributed by atoms with van der Waals surface area (Å²) in [6, 6.07) is 6.88. The third-order valence-electron chi connectivity index (χ3n) is 4.52. The van der Waals surface area contributed by atoms with Crippen LogP contribution >= 0.6 is 23.1 Å². The Kier molecular flexibility index (Phi) is 6.63. The molecule has 0 bridgehead atoms. The van der Waals surface area contributed by atoms with Gasteiger partial charge in [0.25, 0.3) is 11.8 Å². The summed E-state index contributed by atoms with van der Waals surface area (Å²) in [6.45, 7) is 3.71. The molecule has 1 aliphatic rings. The zero-order chi connectivity index (χ0) is 19.2. The van der Waals surface area contributed by atoms with Gasteiger partial charge in [0.15, 0.2) is 6.61 Å². The van der Waals surface area contributed by atoms with Crippen LogP contribution in [0.4, 0.5) is 0 Å². The molecule has 0 atom stereocenters. The maximum absolute atomic E-state index is 12.5. The van der Waals surface area contributed by atoms with Gasteiger partial charge in [-0.3, -0.25) is 9.59 Å². The van der Waals surface area contributed by atoms with Crippen molar-refractivity contribution < 1.29 is 14.3 Å². The highest BCUT2D eigenvalue weighted by Crippen LogP contribution is 2.20. The maximum Gasteiger partial charge on any atom is 0.267 e. The van der Waals surface area contributed by atoms with E-state index >= 15 is 0 Å². The van der Waals surface area contributed by atoms with Gasteiger partial charge in [0, 0.05) is 24.7 Å². The average Bonchev–Trinajstić information content (AvgIpc) is 3.11. The van der Waals surface area contributed by atoms with Gasteiger partial charge in [-0.15, -0.1) is 5.10 Å². The Morgan fingerprint density at radius 3 is 2.63 bits per heavy atom. The number of amides is 2. The summed E-state index contributed by atoms with van der Waals surface area (Å²) in [5.74, 6) is 0.805. The van der Waals surface area contributed by atoms with Gasteiger partial charge in [-0.25, -0.2) is 0 Å². The van der Waals surface area contributed by atoms with E-state index in [1.54, 1.807) is 31.2 Å². The SMILES string of the molecule is Cc1nnsc1C(=O)N1CCC(CNC(=O)COc2ccc(Cl)cc2)CC1. The number of hydrogen-bond acceptors (Lipinski definition) is 6. The van der Waals surface area contributed by atoms with Gasteiger partial charge in [0.05, 0.1) is 5.69 Å². The van der Waals surface area contributed by atoms with Gasteiger partial charge in [-0.05, 0) is 61.5 Å². The van der Waals surface area contributed by atoms with Crippen LogP contribution in [0.1, 0.15) is 28.2 Å². The number of nitrogens with one attached hydrogen (secondary N) is 1. The minimum Gasteiger partial charge on any atom is -0.484 e. The molecule has 1 fully saturated rings. The fourth-order valence-electron chi connectivity index (χ4n) is 2.90. The topological polar surface area (TPSA) is 84.4 Å². The largest absolute Gasteiger partial charge is 0.484 e. The van der Waals surface area contributed by atoms with Crippen LogP contribution in [0, 0.1) is 12.8 Å². The number of likely N-dealkylation sites (tertiary alicyclic amines) is 1. The Labute approximate surface area is 166 Å². The lowest BCUT2D eigenvalue weighted by Crippen LogP contribution is -2.42. The van der Waals surface area contributed by atoms with Crippen LogP contribution in [0.3, 0.4) is 0 Å². The molecule has 1 aromatic carbocycles. The first-order chi connectivity index (χ1) is 13.0. The molecule has 0 unspecified atom stereocenters. The first-order valence-electron chi connectivity index (χ1n) is 8.76. The Hall–Kier alpha value is -2.19. The molecule has 2 aromatic rings. The predicted molar refractivity (Wildman–Crippen MR) is 103 cm³/mol. The summed E-state index contributed by atoms with van der Waals surface area (Å²) in [4.78, 5) is 26.9. The van der Waals surface area contributed by atoms with Gasteiger partial charge in [0.2, 0.25) is 0 Å².